The highest BCUT2D eigenvalue weighted by atomic mass is 16.5. The summed E-state index contributed by atoms with van der Waals surface area (Å²) in [5.74, 6) is -1.06. The quantitative estimate of drug-likeness (QED) is 0.718. The summed E-state index contributed by atoms with van der Waals surface area (Å²) in [5.41, 5.74) is 0. The summed E-state index contributed by atoms with van der Waals surface area (Å²) in [5, 5.41) is 17.5. The highest BCUT2D eigenvalue weighted by Crippen LogP contribution is 2.09. The highest BCUT2D eigenvalue weighted by Gasteiger charge is 2.29. The molecule has 0 aromatic heterocycles. The Labute approximate surface area is 99.2 Å². The van der Waals surface area contributed by atoms with Crippen LogP contribution in [0.15, 0.2) is 0 Å². The van der Waals surface area contributed by atoms with E-state index in [0.29, 0.717) is 13.2 Å². The van der Waals surface area contributed by atoms with Gasteiger partial charge in [0.25, 0.3) is 0 Å². The minimum Gasteiger partial charge on any atom is -0.480 e. The number of hydrogen-bond donors (Lipinski definition) is 1. The average molecular weight is 241 g/mol. The van der Waals surface area contributed by atoms with Crippen molar-refractivity contribution in [2.45, 2.75) is 19.1 Å². The van der Waals surface area contributed by atoms with Crippen LogP contribution in [-0.2, 0) is 9.53 Å². The second-order valence-electron chi connectivity index (χ2n) is 3.84. The van der Waals surface area contributed by atoms with E-state index >= 15 is 0 Å². The molecule has 17 heavy (non-hydrogen) atoms. The normalized spacial score (nSPS) is 21.5. The lowest BCUT2D eigenvalue weighted by atomic mass is 10.3. The molecule has 2 amide bonds. The molecule has 0 aliphatic carbocycles. The van der Waals surface area contributed by atoms with Crippen molar-refractivity contribution >= 4 is 12.0 Å². The molecule has 94 valence electrons. The molecule has 1 aliphatic heterocycles. The lowest BCUT2D eigenvalue weighted by Gasteiger charge is -2.34. The fourth-order valence-electron chi connectivity index (χ4n) is 1.46. The molecular weight excluding hydrogens is 226 g/mol. The third-order valence-electron chi connectivity index (χ3n) is 2.72. The van der Waals surface area contributed by atoms with Gasteiger partial charge < -0.3 is 19.6 Å². The summed E-state index contributed by atoms with van der Waals surface area (Å²) in [6, 6.07) is 0.632. The van der Waals surface area contributed by atoms with E-state index in [0.717, 1.165) is 4.90 Å². The van der Waals surface area contributed by atoms with Crippen molar-refractivity contribution in [1.29, 1.82) is 5.26 Å². The maximum Gasteiger partial charge on any atom is 0.326 e. The summed E-state index contributed by atoms with van der Waals surface area (Å²) in [4.78, 5) is 25.3. The third-order valence-corrected chi connectivity index (χ3v) is 2.72. The average Bonchev–Trinajstić information content (AvgIpc) is 2.36. The molecule has 0 spiro atoms. The van der Waals surface area contributed by atoms with Gasteiger partial charge in [0.1, 0.15) is 6.04 Å². The summed E-state index contributed by atoms with van der Waals surface area (Å²) in [6.07, 6.45) is -0.638. The van der Waals surface area contributed by atoms with Crippen LogP contribution in [0, 0.1) is 11.3 Å². The molecule has 1 N–H and O–H groups in total. The highest BCUT2D eigenvalue weighted by molar-refractivity contribution is 5.82. The molecule has 0 radical (unpaired) electrons. The van der Waals surface area contributed by atoms with Gasteiger partial charge in [-0.15, -0.1) is 0 Å². The van der Waals surface area contributed by atoms with Crippen LogP contribution in [0.1, 0.15) is 6.92 Å². The van der Waals surface area contributed by atoms with E-state index in [1.54, 1.807) is 0 Å². The molecular formula is C10H15N3O4. The predicted octanol–water partition coefficient (Wildman–Crippen LogP) is -0.264. The number of carboxylic acids is 1. The third kappa shape index (κ3) is 3.07. The Hall–Kier alpha value is -1.81. The predicted molar refractivity (Wildman–Crippen MR) is 57.2 cm³/mol. The number of likely N-dealkylation sites (N-methyl/N-ethyl adjacent to an activating group) is 1. The number of morpholine rings is 1. The first-order valence-electron chi connectivity index (χ1n) is 5.23. The number of amides is 2. The molecule has 0 saturated carbocycles. The van der Waals surface area contributed by atoms with Gasteiger partial charge in [-0.2, -0.15) is 5.26 Å². The second-order valence-corrected chi connectivity index (χ2v) is 3.84. The molecule has 1 rings (SSSR count). The fourth-order valence-corrected chi connectivity index (χ4v) is 1.46. The van der Waals surface area contributed by atoms with Gasteiger partial charge in [0.15, 0.2) is 6.10 Å². The maximum atomic E-state index is 11.9. The van der Waals surface area contributed by atoms with E-state index in [1.165, 1.54) is 18.9 Å². The van der Waals surface area contributed by atoms with Gasteiger partial charge in [0.05, 0.1) is 19.2 Å². The number of ether oxygens (including phenoxy) is 1. The number of aliphatic carboxylic acids is 1. The summed E-state index contributed by atoms with van der Waals surface area (Å²) in [6.45, 7) is 2.27. The van der Waals surface area contributed by atoms with E-state index in [-0.39, 0.29) is 6.54 Å². The number of urea groups is 1. The largest absolute Gasteiger partial charge is 0.480 e. The minimum atomic E-state index is -1.06. The standard InChI is InChI=1S/C10H15N3O4/c1-7(9(14)15)12(2)10(16)13-3-4-17-8(5-11)6-13/h7-8H,3-4,6H2,1-2H3,(H,14,15). The summed E-state index contributed by atoms with van der Waals surface area (Å²) < 4.78 is 5.11. The Kier molecular flexibility index (Phi) is 4.29. The van der Waals surface area contributed by atoms with E-state index in [1.807, 2.05) is 6.07 Å². The molecule has 0 aromatic rings. The van der Waals surface area contributed by atoms with Gasteiger partial charge in [-0.05, 0) is 6.92 Å². The van der Waals surface area contributed by atoms with Crippen LogP contribution in [0.25, 0.3) is 0 Å². The zero-order valence-electron chi connectivity index (χ0n) is 9.79. The first-order valence-corrected chi connectivity index (χ1v) is 5.23. The van der Waals surface area contributed by atoms with Crippen LogP contribution in [0.3, 0.4) is 0 Å². The van der Waals surface area contributed by atoms with Crippen LogP contribution in [0.5, 0.6) is 0 Å². The SMILES string of the molecule is CC(C(=O)O)N(C)C(=O)N1CCOC(C#N)C1. The van der Waals surface area contributed by atoms with Gasteiger partial charge in [0, 0.05) is 13.6 Å². The lowest BCUT2D eigenvalue weighted by molar-refractivity contribution is -0.141. The zero-order chi connectivity index (χ0) is 13.0. The first-order chi connectivity index (χ1) is 7.97. The molecule has 2 atom stereocenters. The zero-order valence-corrected chi connectivity index (χ0v) is 9.79. The lowest BCUT2D eigenvalue weighted by Crippen LogP contribution is -2.53. The van der Waals surface area contributed by atoms with Crippen LogP contribution in [0.4, 0.5) is 4.79 Å². The Morgan fingerprint density at radius 2 is 2.29 bits per heavy atom. The van der Waals surface area contributed by atoms with Crippen LogP contribution < -0.4 is 0 Å². The number of nitrogens with zero attached hydrogens (tertiary/aromatic N) is 3. The molecule has 2 unspecified atom stereocenters. The Morgan fingerprint density at radius 1 is 1.65 bits per heavy atom. The van der Waals surface area contributed by atoms with Gasteiger partial charge >= 0.3 is 12.0 Å². The monoisotopic (exact) mass is 241 g/mol. The number of hydrogen-bond acceptors (Lipinski definition) is 4. The van der Waals surface area contributed by atoms with Crippen molar-refractivity contribution in [3.05, 3.63) is 0 Å². The van der Waals surface area contributed by atoms with Crippen molar-refractivity contribution in [3.8, 4) is 6.07 Å². The number of nitriles is 1. The number of rotatable bonds is 2. The molecule has 7 heteroatoms. The molecule has 1 saturated heterocycles. The summed E-state index contributed by atoms with van der Waals surface area (Å²) in [7, 11) is 1.43. The van der Waals surface area contributed by atoms with Crippen molar-refractivity contribution in [1.82, 2.24) is 9.80 Å². The number of carbonyl (C=O) groups excluding carboxylic acids is 1. The van der Waals surface area contributed by atoms with Crippen molar-refractivity contribution in [2.75, 3.05) is 26.7 Å². The van der Waals surface area contributed by atoms with Gasteiger partial charge in [-0.1, -0.05) is 0 Å². The first kappa shape index (κ1) is 13.3. The maximum absolute atomic E-state index is 11.9. The Morgan fingerprint density at radius 3 is 2.82 bits per heavy atom. The van der Waals surface area contributed by atoms with Crippen molar-refractivity contribution in [2.24, 2.45) is 0 Å². The number of carboxylic acid groups (broad SMARTS) is 1. The van der Waals surface area contributed by atoms with Crippen LogP contribution in [0.2, 0.25) is 0 Å². The van der Waals surface area contributed by atoms with Crippen LogP contribution >= 0.6 is 0 Å². The Balaban J connectivity index is 2.63. The van der Waals surface area contributed by atoms with E-state index < -0.39 is 24.1 Å². The second kappa shape index (κ2) is 5.50. The van der Waals surface area contributed by atoms with Crippen LogP contribution in [-0.4, -0.2) is 65.8 Å². The van der Waals surface area contributed by atoms with E-state index in [9.17, 15) is 9.59 Å². The van der Waals surface area contributed by atoms with Gasteiger partial charge in [-0.25, -0.2) is 9.59 Å². The van der Waals surface area contributed by atoms with Gasteiger partial charge in [0.2, 0.25) is 0 Å². The molecule has 1 aliphatic rings. The molecule has 0 bridgehead atoms. The summed E-state index contributed by atoms with van der Waals surface area (Å²) >= 11 is 0. The van der Waals surface area contributed by atoms with Crippen molar-refractivity contribution < 1.29 is 19.4 Å². The topological polar surface area (TPSA) is 93.9 Å². The Bertz CT molecular complexity index is 352. The fraction of sp³-hybridized carbons (Fsp3) is 0.700. The van der Waals surface area contributed by atoms with Crippen molar-refractivity contribution in [3.63, 3.8) is 0 Å². The smallest absolute Gasteiger partial charge is 0.326 e. The molecule has 1 heterocycles. The molecule has 7 nitrogen and oxygen atoms in total. The molecule has 1 fully saturated rings. The molecule has 0 aromatic carbocycles. The van der Waals surface area contributed by atoms with Gasteiger partial charge in [-0.3, -0.25) is 0 Å². The van der Waals surface area contributed by atoms with E-state index in [4.69, 9.17) is 15.1 Å². The number of carbonyl (C=O) groups is 2. The van der Waals surface area contributed by atoms with E-state index in [2.05, 4.69) is 0 Å². The minimum absolute atomic E-state index is 0.173.